The van der Waals surface area contributed by atoms with E-state index in [4.69, 9.17) is 0 Å². The summed E-state index contributed by atoms with van der Waals surface area (Å²) in [6.45, 7) is 6.25. The Labute approximate surface area is 117 Å². The van der Waals surface area contributed by atoms with Crippen molar-refractivity contribution in [3.63, 3.8) is 0 Å². The fourth-order valence-corrected chi connectivity index (χ4v) is 1.98. The first kappa shape index (κ1) is 15.5. The largest absolute Gasteiger partial charge is 0.356 e. The Morgan fingerprint density at radius 3 is 2.89 bits per heavy atom. The van der Waals surface area contributed by atoms with E-state index in [9.17, 15) is 0 Å². The molecule has 0 saturated carbocycles. The zero-order valence-electron chi connectivity index (χ0n) is 12.6. The molecule has 1 aromatic rings. The molecule has 106 valence electrons. The molecule has 1 aromatic heterocycles. The monoisotopic (exact) mass is 262 g/mol. The van der Waals surface area contributed by atoms with Crippen LogP contribution in [0.15, 0.2) is 23.5 Å². The van der Waals surface area contributed by atoms with Gasteiger partial charge in [0.05, 0.1) is 0 Å². The highest BCUT2D eigenvalue weighted by Crippen LogP contribution is 2.05. The third-order valence-corrected chi connectivity index (χ3v) is 3.23. The van der Waals surface area contributed by atoms with Crippen LogP contribution in [0.2, 0.25) is 0 Å². The van der Waals surface area contributed by atoms with E-state index in [0.717, 1.165) is 25.5 Å². The van der Waals surface area contributed by atoms with Crippen LogP contribution in [0.5, 0.6) is 0 Å². The Morgan fingerprint density at radius 2 is 2.26 bits per heavy atom. The SMILES string of the molecule is CCCCN(C)C(=NC)NCCc1ccncc1C. The van der Waals surface area contributed by atoms with Crippen molar-refractivity contribution in [1.29, 1.82) is 0 Å². The van der Waals surface area contributed by atoms with E-state index in [1.807, 2.05) is 19.4 Å². The number of nitrogens with one attached hydrogen (secondary N) is 1. The average molecular weight is 262 g/mol. The van der Waals surface area contributed by atoms with E-state index in [1.54, 1.807) is 0 Å². The molecule has 0 spiro atoms. The molecular weight excluding hydrogens is 236 g/mol. The van der Waals surface area contributed by atoms with Crippen LogP contribution in [0.25, 0.3) is 0 Å². The molecule has 0 aromatic carbocycles. The number of rotatable bonds is 6. The summed E-state index contributed by atoms with van der Waals surface area (Å²) in [5, 5.41) is 3.41. The zero-order chi connectivity index (χ0) is 14.1. The van der Waals surface area contributed by atoms with Gasteiger partial charge >= 0.3 is 0 Å². The molecule has 0 saturated heterocycles. The average Bonchev–Trinajstić information content (AvgIpc) is 2.43. The Balaban J connectivity index is 2.40. The third kappa shape index (κ3) is 5.28. The third-order valence-electron chi connectivity index (χ3n) is 3.23. The maximum Gasteiger partial charge on any atom is 0.193 e. The molecule has 0 atom stereocenters. The summed E-state index contributed by atoms with van der Waals surface area (Å²) >= 11 is 0. The van der Waals surface area contributed by atoms with Crippen LogP contribution in [-0.2, 0) is 6.42 Å². The minimum Gasteiger partial charge on any atom is -0.356 e. The predicted molar refractivity (Wildman–Crippen MR) is 81.6 cm³/mol. The van der Waals surface area contributed by atoms with Crippen molar-refractivity contribution in [2.24, 2.45) is 4.99 Å². The summed E-state index contributed by atoms with van der Waals surface area (Å²) < 4.78 is 0. The lowest BCUT2D eigenvalue weighted by Gasteiger charge is -2.21. The van der Waals surface area contributed by atoms with Gasteiger partial charge in [-0.2, -0.15) is 0 Å². The van der Waals surface area contributed by atoms with Crippen molar-refractivity contribution in [1.82, 2.24) is 15.2 Å². The van der Waals surface area contributed by atoms with Gasteiger partial charge in [-0.05, 0) is 37.0 Å². The van der Waals surface area contributed by atoms with E-state index >= 15 is 0 Å². The zero-order valence-corrected chi connectivity index (χ0v) is 12.6. The quantitative estimate of drug-likeness (QED) is 0.631. The Morgan fingerprint density at radius 1 is 1.47 bits per heavy atom. The van der Waals surface area contributed by atoms with E-state index in [-0.39, 0.29) is 0 Å². The van der Waals surface area contributed by atoms with Crippen LogP contribution in [-0.4, -0.2) is 43.0 Å². The second kappa shape index (κ2) is 8.51. The van der Waals surface area contributed by atoms with Crippen molar-refractivity contribution in [2.75, 3.05) is 27.2 Å². The summed E-state index contributed by atoms with van der Waals surface area (Å²) in [6, 6.07) is 2.08. The molecule has 0 aliphatic carbocycles. The fraction of sp³-hybridized carbons (Fsp3) is 0.600. The highest BCUT2D eigenvalue weighted by molar-refractivity contribution is 5.79. The van der Waals surface area contributed by atoms with Crippen molar-refractivity contribution < 1.29 is 0 Å². The highest BCUT2D eigenvalue weighted by Gasteiger charge is 2.04. The molecule has 0 aliphatic rings. The van der Waals surface area contributed by atoms with Gasteiger partial charge in [-0.15, -0.1) is 0 Å². The minimum atomic E-state index is 0.897. The van der Waals surface area contributed by atoms with Crippen molar-refractivity contribution in [2.45, 2.75) is 33.1 Å². The number of pyridine rings is 1. The molecule has 4 nitrogen and oxygen atoms in total. The Kier molecular flexibility index (Phi) is 6.93. The lowest BCUT2D eigenvalue weighted by atomic mass is 10.1. The molecule has 0 bridgehead atoms. The number of unbranched alkanes of at least 4 members (excludes halogenated alkanes) is 1. The summed E-state index contributed by atoms with van der Waals surface area (Å²) in [7, 11) is 3.92. The molecule has 1 rings (SSSR count). The molecule has 0 aliphatic heterocycles. The Hall–Kier alpha value is -1.58. The fourth-order valence-electron chi connectivity index (χ4n) is 1.98. The number of aromatic nitrogens is 1. The summed E-state index contributed by atoms with van der Waals surface area (Å²) in [6.07, 6.45) is 7.16. The number of aryl methyl sites for hydroxylation is 1. The molecule has 1 heterocycles. The Bertz CT molecular complexity index is 401. The first-order valence-corrected chi connectivity index (χ1v) is 7.00. The first-order chi connectivity index (χ1) is 9.19. The highest BCUT2D eigenvalue weighted by atomic mass is 15.3. The maximum absolute atomic E-state index is 4.31. The van der Waals surface area contributed by atoms with E-state index < -0.39 is 0 Å². The molecule has 0 radical (unpaired) electrons. The number of aliphatic imine (C=N–C) groups is 1. The van der Waals surface area contributed by atoms with Gasteiger partial charge in [-0.25, -0.2) is 0 Å². The smallest absolute Gasteiger partial charge is 0.193 e. The summed E-state index contributed by atoms with van der Waals surface area (Å²) in [5.41, 5.74) is 2.59. The van der Waals surface area contributed by atoms with Gasteiger partial charge in [-0.1, -0.05) is 13.3 Å². The van der Waals surface area contributed by atoms with Gasteiger partial charge in [-0.3, -0.25) is 9.98 Å². The lowest BCUT2D eigenvalue weighted by molar-refractivity contribution is 0.465. The standard InChI is InChI=1S/C15H26N4/c1-5-6-11-19(4)15(16-3)18-10-8-14-7-9-17-12-13(14)2/h7,9,12H,5-6,8,10-11H2,1-4H3,(H,16,18). The molecule has 0 fully saturated rings. The number of hydrogen-bond donors (Lipinski definition) is 1. The lowest BCUT2D eigenvalue weighted by Crippen LogP contribution is -2.40. The minimum absolute atomic E-state index is 0.897. The second-order valence-electron chi connectivity index (χ2n) is 4.80. The van der Waals surface area contributed by atoms with Crippen LogP contribution in [0.3, 0.4) is 0 Å². The van der Waals surface area contributed by atoms with Crippen molar-refractivity contribution in [3.05, 3.63) is 29.6 Å². The van der Waals surface area contributed by atoms with Crippen LogP contribution >= 0.6 is 0 Å². The van der Waals surface area contributed by atoms with Gasteiger partial charge in [0.15, 0.2) is 5.96 Å². The van der Waals surface area contributed by atoms with Gasteiger partial charge in [0, 0.05) is 39.6 Å². The molecule has 4 heteroatoms. The maximum atomic E-state index is 4.31. The van der Waals surface area contributed by atoms with Crippen LogP contribution in [0.1, 0.15) is 30.9 Å². The summed E-state index contributed by atoms with van der Waals surface area (Å²) in [4.78, 5) is 10.6. The predicted octanol–water partition coefficient (Wildman–Crippen LogP) is 2.24. The van der Waals surface area contributed by atoms with Crippen molar-refractivity contribution >= 4 is 5.96 Å². The van der Waals surface area contributed by atoms with E-state index in [2.05, 4.69) is 47.2 Å². The topological polar surface area (TPSA) is 40.5 Å². The second-order valence-corrected chi connectivity index (χ2v) is 4.80. The molecule has 1 N–H and O–H groups in total. The molecule has 0 amide bonds. The molecular formula is C15H26N4. The van der Waals surface area contributed by atoms with Crippen LogP contribution < -0.4 is 5.32 Å². The van der Waals surface area contributed by atoms with Gasteiger partial charge in [0.2, 0.25) is 0 Å². The van der Waals surface area contributed by atoms with Gasteiger partial charge in [0.25, 0.3) is 0 Å². The van der Waals surface area contributed by atoms with Gasteiger partial charge < -0.3 is 10.2 Å². The molecule has 0 unspecified atom stereocenters. The number of nitrogens with zero attached hydrogens (tertiary/aromatic N) is 3. The summed E-state index contributed by atoms with van der Waals surface area (Å²) in [5.74, 6) is 0.972. The van der Waals surface area contributed by atoms with E-state index in [1.165, 1.54) is 24.0 Å². The number of hydrogen-bond acceptors (Lipinski definition) is 2. The van der Waals surface area contributed by atoms with E-state index in [0.29, 0.717) is 0 Å². The van der Waals surface area contributed by atoms with Gasteiger partial charge in [0.1, 0.15) is 0 Å². The van der Waals surface area contributed by atoms with Crippen LogP contribution in [0.4, 0.5) is 0 Å². The molecule has 19 heavy (non-hydrogen) atoms. The number of guanidine groups is 1. The van der Waals surface area contributed by atoms with Crippen molar-refractivity contribution in [3.8, 4) is 0 Å². The van der Waals surface area contributed by atoms with Crippen LogP contribution in [0, 0.1) is 6.92 Å². The first-order valence-electron chi connectivity index (χ1n) is 7.00. The normalized spacial score (nSPS) is 11.5.